The van der Waals surface area contributed by atoms with Crippen LogP contribution >= 0.6 is 0 Å². The van der Waals surface area contributed by atoms with E-state index in [2.05, 4.69) is 10.6 Å². The average Bonchev–Trinajstić information content (AvgIpc) is 2.84. The Balaban J connectivity index is 1.85. The number of nitrogens with zero attached hydrogens (tertiary/aromatic N) is 1. The van der Waals surface area contributed by atoms with Crippen molar-refractivity contribution >= 4 is 17.7 Å². The lowest BCUT2D eigenvalue weighted by molar-refractivity contribution is -0.595. The van der Waals surface area contributed by atoms with E-state index in [0.717, 1.165) is 12.0 Å². The van der Waals surface area contributed by atoms with Gasteiger partial charge in [0.25, 0.3) is 5.91 Å². The number of likely N-dealkylation sites (N-methyl/N-ethyl adjacent to an activating group) is 1. The summed E-state index contributed by atoms with van der Waals surface area (Å²) >= 11 is 0. The van der Waals surface area contributed by atoms with Crippen LogP contribution in [0.25, 0.3) is 0 Å². The fourth-order valence-corrected chi connectivity index (χ4v) is 2.86. The van der Waals surface area contributed by atoms with Crippen molar-refractivity contribution in [2.75, 3.05) is 20.1 Å². The number of amides is 3. The van der Waals surface area contributed by atoms with E-state index in [-0.39, 0.29) is 30.3 Å². The SMILES string of the molecule is CN[C@@H](C)C(=O)[NH2+]C1CCC=CN(CC(=O)NCCc2ccccc2)C1=O. The van der Waals surface area contributed by atoms with Gasteiger partial charge >= 0.3 is 5.91 Å². The number of primary amides is 1. The number of carbonyl (C=O) groups excluding carboxylic acids is 3. The summed E-state index contributed by atoms with van der Waals surface area (Å²) in [7, 11) is 1.71. The van der Waals surface area contributed by atoms with Gasteiger partial charge in [0, 0.05) is 19.2 Å². The summed E-state index contributed by atoms with van der Waals surface area (Å²) in [6.07, 6.45) is 5.53. The van der Waals surface area contributed by atoms with E-state index >= 15 is 0 Å². The maximum Gasteiger partial charge on any atom is 0.327 e. The zero-order valence-electron chi connectivity index (χ0n) is 16.0. The van der Waals surface area contributed by atoms with Gasteiger partial charge in [0.05, 0.1) is 0 Å². The Hall–Kier alpha value is -2.51. The fourth-order valence-electron chi connectivity index (χ4n) is 2.86. The summed E-state index contributed by atoms with van der Waals surface area (Å²) in [5.74, 6) is -0.525. The number of hydrogen-bond donors (Lipinski definition) is 3. The third-order valence-electron chi connectivity index (χ3n) is 4.65. The second kappa shape index (κ2) is 10.6. The first-order chi connectivity index (χ1) is 13.0. The molecule has 1 heterocycles. The summed E-state index contributed by atoms with van der Waals surface area (Å²) in [6, 6.07) is 9.07. The molecule has 1 aliphatic rings. The van der Waals surface area contributed by atoms with Gasteiger partial charge in [-0.1, -0.05) is 36.4 Å². The molecule has 7 nitrogen and oxygen atoms in total. The smallest absolute Gasteiger partial charge is 0.327 e. The van der Waals surface area contributed by atoms with E-state index in [1.807, 2.05) is 36.4 Å². The van der Waals surface area contributed by atoms with Gasteiger partial charge in [-0.25, -0.2) is 4.79 Å². The first-order valence-corrected chi connectivity index (χ1v) is 9.35. The summed E-state index contributed by atoms with van der Waals surface area (Å²) < 4.78 is 0. The van der Waals surface area contributed by atoms with Crippen LogP contribution < -0.4 is 16.0 Å². The van der Waals surface area contributed by atoms with E-state index < -0.39 is 6.04 Å². The molecule has 1 unspecified atom stereocenters. The van der Waals surface area contributed by atoms with Gasteiger partial charge in [-0.2, -0.15) is 0 Å². The molecule has 2 atom stereocenters. The topological polar surface area (TPSA) is 95.1 Å². The highest BCUT2D eigenvalue weighted by Crippen LogP contribution is 2.07. The molecule has 0 radical (unpaired) electrons. The van der Waals surface area contributed by atoms with Crippen molar-refractivity contribution < 1.29 is 19.7 Å². The summed E-state index contributed by atoms with van der Waals surface area (Å²) in [6.45, 7) is 2.24. The maximum atomic E-state index is 12.7. The van der Waals surface area contributed by atoms with Crippen LogP contribution in [0.1, 0.15) is 25.3 Å². The van der Waals surface area contributed by atoms with Crippen LogP contribution in [-0.2, 0) is 20.8 Å². The van der Waals surface area contributed by atoms with Crippen molar-refractivity contribution in [2.24, 2.45) is 0 Å². The Bertz CT molecular complexity index is 675. The van der Waals surface area contributed by atoms with Gasteiger partial charge in [-0.15, -0.1) is 0 Å². The number of hydrogen-bond acceptors (Lipinski definition) is 4. The second-order valence-electron chi connectivity index (χ2n) is 6.70. The molecule has 1 aliphatic heterocycles. The van der Waals surface area contributed by atoms with Gasteiger partial charge in [0.2, 0.25) is 5.91 Å². The highest BCUT2D eigenvalue weighted by Gasteiger charge is 2.32. The van der Waals surface area contributed by atoms with Gasteiger partial charge in [0.1, 0.15) is 12.6 Å². The molecule has 27 heavy (non-hydrogen) atoms. The quantitative estimate of drug-likeness (QED) is 0.575. The van der Waals surface area contributed by atoms with Crippen molar-refractivity contribution in [3.63, 3.8) is 0 Å². The van der Waals surface area contributed by atoms with E-state index in [1.54, 1.807) is 20.2 Å². The molecule has 3 amide bonds. The van der Waals surface area contributed by atoms with E-state index in [1.165, 1.54) is 10.2 Å². The van der Waals surface area contributed by atoms with Crippen molar-refractivity contribution in [2.45, 2.75) is 38.3 Å². The molecule has 146 valence electrons. The van der Waals surface area contributed by atoms with E-state index in [0.29, 0.717) is 19.4 Å². The van der Waals surface area contributed by atoms with Crippen molar-refractivity contribution in [1.82, 2.24) is 15.5 Å². The van der Waals surface area contributed by atoms with Crippen LogP contribution in [0, 0.1) is 0 Å². The molecule has 0 saturated heterocycles. The number of quaternary nitrogens is 1. The summed E-state index contributed by atoms with van der Waals surface area (Å²) in [4.78, 5) is 38.5. The number of nitrogens with one attached hydrogen (secondary N) is 2. The lowest BCUT2D eigenvalue weighted by atomic mass is 10.1. The largest absolute Gasteiger partial charge is 0.354 e. The van der Waals surface area contributed by atoms with Crippen molar-refractivity contribution in [3.8, 4) is 0 Å². The fraction of sp³-hybridized carbons (Fsp3) is 0.450. The Kier molecular flexibility index (Phi) is 8.16. The van der Waals surface area contributed by atoms with Crippen molar-refractivity contribution in [1.29, 1.82) is 0 Å². The predicted molar refractivity (Wildman–Crippen MR) is 102 cm³/mol. The molecule has 4 N–H and O–H groups in total. The minimum absolute atomic E-state index is 0.0375. The van der Waals surface area contributed by atoms with Crippen LogP contribution in [0.5, 0.6) is 0 Å². The van der Waals surface area contributed by atoms with Gasteiger partial charge < -0.3 is 15.5 Å². The maximum absolute atomic E-state index is 12.7. The van der Waals surface area contributed by atoms with E-state index in [4.69, 9.17) is 0 Å². The molecular formula is C20H29N4O3+. The lowest BCUT2D eigenvalue weighted by Gasteiger charge is -2.21. The van der Waals surface area contributed by atoms with E-state index in [9.17, 15) is 14.4 Å². The number of nitrogens with two attached hydrogens (primary N) is 1. The highest BCUT2D eigenvalue weighted by molar-refractivity contribution is 5.88. The molecule has 0 spiro atoms. The van der Waals surface area contributed by atoms with Gasteiger partial charge in [-0.05, 0) is 32.4 Å². The molecule has 0 saturated carbocycles. The number of benzene rings is 1. The zero-order chi connectivity index (χ0) is 19.6. The lowest BCUT2D eigenvalue weighted by Crippen LogP contribution is -2.97. The van der Waals surface area contributed by atoms with Crippen LogP contribution in [0.2, 0.25) is 0 Å². The standard InChI is InChI=1S/C20H28N4O3/c1-15(21-2)19(26)23-17-10-6-7-13-24(20(17)27)14-18(25)22-12-11-16-8-4-3-5-9-16/h3-5,7-9,13,15,17,21H,6,10-12,14H2,1-2H3,(H,22,25)(H,23,26)/p+1/t15-,17?/m0/s1. The van der Waals surface area contributed by atoms with Crippen LogP contribution in [0.15, 0.2) is 42.6 Å². The first-order valence-electron chi connectivity index (χ1n) is 9.35. The first kappa shape index (κ1) is 20.8. The molecular weight excluding hydrogens is 344 g/mol. The third-order valence-corrected chi connectivity index (χ3v) is 4.65. The monoisotopic (exact) mass is 373 g/mol. The third kappa shape index (κ3) is 6.62. The Morgan fingerprint density at radius 2 is 2.04 bits per heavy atom. The summed E-state index contributed by atoms with van der Waals surface area (Å²) in [5.41, 5.74) is 1.15. The second-order valence-corrected chi connectivity index (χ2v) is 6.70. The number of carbonyl (C=O) groups is 3. The molecule has 1 aromatic carbocycles. The molecule has 2 rings (SSSR count). The molecule has 0 aromatic heterocycles. The molecule has 1 aromatic rings. The van der Waals surface area contributed by atoms with Crippen LogP contribution in [0.3, 0.4) is 0 Å². The molecule has 0 fully saturated rings. The average molecular weight is 373 g/mol. The number of allylic oxidation sites excluding steroid dienone is 1. The molecule has 0 bridgehead atoms. The minimum Gasteiger partial charge on any atom is -0.354 e. The van der Waals surface area contributed by atoms with Crippen LogP contribution in [-0.4, -0.2) is 54.8 Å². The van der Waals surface area contributed by atoms with Crippen LogP contribution in [0.4, 0.5) is 0 Å². The predicted octanol–water partition coefficient (Wildman–Crippen LogP) is -0.452. The minimum atomic E-state index is -0.500. The summed E-state index contributed by atoms with van der Waals surface area (Å²) in [5, 5.41) is 7.21. The highest BCUT2D eigenvalue weighted by atomic mass is 16.2. The Morgan fingerprint density at radius 1 is 1.30 bits per heavy atom. The van der Waals surface area contributed by atoms with Crippen molar-refractivity contribution in [3.05, 3.63) is 48.2 Å². The zero-order valence-corrected chi connectivity index (χ0v) is 16.0. The molecule has 7 heteroatoms. The Morgan fingerprint density at radius 3 is 2.74 bits per heavy atom. The normalized spacial score (nSPS) is 18.1. The number of rotatable bonds is 8. The molecule has 0 aliphatic carbocycles. The van der Waals surface area contributed by atoms with Gasteiger partial charge in [0.15, 0.2) is 6.04 Å². The Labute approximate surface area is 160 Å². The van der Waals surface area contributed by atoms with Gasteiger partial charge in [-0.3, -0.25) is 14.9 Å².